The lowest BCUT2D eigenvalue weighted by Crippen LogP contribution is -2.48. The molecule has 1 amide bonds. The van der Waals surface area contributed by atoms with Crippen molar-refractivity contribution < 1.29 is 17.9 Å². The number of fused-ring (bicyclic) bond motifs is 2. The van der Waals surface area contributed by atoms with Crippen molar-refractivity contribution in [2.45, 2.75) is 44.1 Å². The van der Waals surface area contributed by atoms with Crippen LogP contribution in [0.3, 0.4) is 0 Å². The Labute approximate surface area is 165 Å². The molecule has 0 bridgehead atoms. The first-order chi connectivity index (χ1) is 13.2. The third kappa shape index (κ3) is 3.13. The minimum absolute atomic E-state index is 0.143. The first-order valence-electron chi connectivity index (χ1n) is 9.41. The van der Waals surface area contributed by atoms with E-state index >= 15 is 0 Å². The number of carbonyl (C=O) groups excluding carboxylic acids is 1. The summed E-state index contributed by atoms with van der Waals surface area (Å²) >= 11 is 0. The highest BCUT2D eigenvalue weighted by atomic mass is 32.2. The fourth-order valence-electron chi connectivity index (χ4n) is 3.91. The minimum Gasteiger partial charge on any atom is -0.484 e. The molecule has 6 nitrogen and oxygen atoms in total. The Bertz CT molecular complexity index is 1050. The van der Waals surface area contributed by atoms with Crippen molar-refractivity contribution in [1.82, 2.24) is 0 Å². The van der Waals surface area contributed by atoms with Gasteiger partial charge in [0.05, 0.1) is 22.8 Å². The molecule has 28 heavy (non-hydrogen) atoms. The zero-order valence-corrected chi connectivity index (χ0v) is 17.1. The monoisotopic (exact) mass is 400 g/mol. The minimum atomic E-state index is -3.75. The molecule has 0 aromatic heterocycles. The van der Waals surface area contributed by atoms with E-state index in [9.17, 15) is 13.2 Å². The Kier molecular flexibility index (Phi) is 4.38. The molecule has 0 aliphatic carbocycles. The van der Waals surface area contributed by atoms with Crippen LogP contribution in [-0.4, -0.2) is 33.0 Å². The van der Waals surface area contributed by atoms with Crippen LogP contribution in [-0.2, 0) is 21.2 Å². The van der Waals surface area contributed by atoms with Crippen molar-refractivity contribution in [1.29, 1.82) is 0 Å². The van der Waals surface area contributed by atoms with Gasteiger partial charge in [0, 0.05) is 13.5 Å². The van der Waals surface area contributed by atoms with Crippen LogP contribution in [0.25, 0.3) is 0 Å². The second-order valence-corrected chi connectivity index (χ2v) is 9.77. The van der Waals surface area contributed by atoms with E-state index in [4.69, 9.17) is 4.74 Å². The molecule has 2 aromatic rings. The fourth-order valence-corrected chi connectivity index (χ4v) is 5.47. The van der Waals surface area contributed by atoms with Gasteiger partial charge in [0.25, 0.3) is 10.0 Å². The van der Waals surface area contributed by atoms with E-state index in [0.717, 1.165) is 24.1 Å². The maximum Gasteiger partial charge on any atom is 0.264 e. The lowest BCUT2D eigenvalue weighted by molar-refractivity contribution is -0.117. The zero-order chi connectivity index (χ0) is 20.1. The van der Waals surface area contributed by atoms with Gasteiger partial charge in [-0.05, 0) is 56.5 Å². The third-order valence-electron chi connectivity index (χ3n) is 5.18. The quantitative estimate of drug-likeness (QED) is 0.775. The molecule has 0 radical (unpaired) electrons. The molecule has 2 aliphatic rings. The Morgan fingerprint density at radius 1 is 1.11 bits per heavy atom. The molecule has 2 aromatic carbocycles. The van der Waals surface area contributed by atoms with Crippen LogP contribution < -0.4 is 13.9 Å². The number of carbonyl (C=O) groups is 1. The second-order valence-electron chi connectivity index (χ2n) is 7.91. The van der Waals surface area contributed by atoms with Gasteiger partial charge in [-0.3, -0.25) is 9.10 Å². The van der Waals surface area contributed by atoms with Crippen molar-refractivity contribution in [2.75, 3.05) is 22.3 Å². The van der Waals surface area contributed by atoms with Gasteiger partial charge in [-0.15, -0.1) is 0 Å². The number of nitrogens with zero attached hydrogens (tertiary/aromatic N) is 2. The molecule has 0 saturated heterocycles. The SMILES string of the molecule is CC(=O)N1CC(C)(C)Oc2ccc(S(=O)(=O)N3CCCc4ccccc43)cc21. The average molecular weight is 401 g/mol. The molecular formula is C21H24N2O4S. The summed E-state index contributed by atoms with van der Waals surface area (Å²) in [7, 11) is -3.75. The first kappa shape index (κ1) is 18.8. The maximum absolute atomic E-state index is 13.4. The molecule has 148 valence electrons. The largest absolute Gasteiger partial charge is 0.484 e. The van der Waals surface area contributed by atoms with E-state index in [1.54, 1.807) is 23.1 Å². The summed E-state index contributed by atoms with van der Waals surface area (Å²) in [5.74, 6) is 0.375. The molecule has 4 rings (SSSR count). The number of para-hydroxylation sites is 1. The van der Waals surface area contributed by atoms with Crippen molar-refractivity contribution in [3.63, 3.8) is 0 Å². The first-order valence-corrected chi connectivity index (χ1v) is 10.8. The highest BCUT2D eigenvalue weighted by molar-refractivity contribution is 7.92. The topological polar surface area (TPSA) is 66.9 Å². The highest BCUT2D eigenvalue weighted by Crippen LogP contribution is 2.40. The number of hydrogen-bond acceptors (Lipinski definition) is 4. The molecule has 0 fully saturated rings. The van der Waals surface area contributed by atoms with E-state index in [-0.39, 0.29) is 10.8 Å². The predicted molar refractivity (Wildman–Crippen MR) is 108 cm³/mol. The number of aryl methyl sites for hydroxylation is 1. The summed E-state index contributed by atoms with van der Waals surface area (Å²) in [6.07, 6.45) is 1.64. The molecule has 0 unspecified atom stereocenters. The number of benzene rings is 2. The summed E-state index contributed by atoms with van der Waals surface area (Å²) < 4.78 is 34.3. The van der Waals surface area contributed by atoms with Gasteiger partial charge in [-0.2, -0.15) is 0 Å². The van der Waals surface area contributed by atoms with E-state index in [0.29, 0.717) is 24.5 Å². The number of sulfonamides is 1. The molecular weight excluding hydrogens is 376 g/mol. The van der Waals surface area contributed by atoms with Crippen LogP contribution in [0.5, 0.6) is 5.75 Å². The van der Waals surface area contributed by atoms with Crippen LogP contribution in [0.15, 0.2) is 47.4 Å². The summed E-state index contributed by atoms with van der Waals surface area (Å²) in [4.78, 5) is 13.9. The summed E-state index contributed by atoms with van der Waals surface area (Å²) in [5.41, 5.74) is 1.72. The highest BCUT2D eigenvalue weighted by Gasteiger charge is 2.36. The lowest BCUT2D eigenvalue weighted by atomic mass is 10.0. The van der Waals surface area contributed by atoms with Gasteiger partial charge >= 0.3 is 0 Å². The fraction of sp³-hybridized carbons (Fsp3) is 0.381. The normalized spacial score (nSPS) is 18.1. The Balaban J connectivity index is 1.79. The van der Waals surface area contributed by atoms with E-state index < -0.39 is 15.6 Å². The van der Waals surface area contributed by atoms with Crippen LogP contribution in [0.2, 0.25) is 0 Å². The third-order valence-corrected chi connectivity index (χ3v) is 6.99. The molecule has 2 aliphatic heterocycles. The van der Waals surface area contributed by atoms with E-state index in [2.05, 4.69) is 0 Å². The molecule has 0 atom stereocenters. The molecule has 2 heterocycles. The van der Waals surface area contributed by atoms with Gasteiger partial charge in [0.1, 0.15) is 11.4 Å². The number of ether oxygens (including phenoxy) is 1. The molecule has 0 N–H and O–H groups in total. The Hall–Kier alpha value is -2.54. The van der Waals surface area contributed by atoms with Crippen LogP contribution in [0.4, 0.5) is 11.4 Å². The smallest absolute Gasteiger partial charge is 0.264 e. The zero-order valence-electron chi connectivity index (χ0n) is 16.3. The van der Waals surface area contributed by atoms with Gasteiger partial charge in [-0.25, -0.2) is 8.42 Å². The van der Waals surface area contributed by atoms with Crippen molar-refractivity contribution in [3.05, 3.63) is 48.0 Å². The Morgan fingerprint density at radius 2 is 1.86 bits per heavy atom. The summed E-state index contributed by atoms with van der Waals surface area (Å²) in [6.45, 7) is 6.09. The van der Waals surface area contributed by atoms with Gasteiger partial charge in [0.15, 0.2) is 0 Å². The van der Waals surface area contributed by atoms with Gasteiger partial charge < -0.3 is 9.64 Å². The van der Waals surface area contributed by atoms with Crippen LogP contribution in [0, 0.1) is 0 Å². The van der Waals surface area contributed by atoms with Gasteiger partial charge in [0.2, 0.25) is 5.91 Å². The second kappa shape index (κ2) is 6.51. The number of amides is 1. The number of hydrogen-bond donors (Lipinski definition) is 0. The van der Waals surface area contributed by atoms with Crippen molar-refractivity contribution in [3.8, 4) is 5.75 Å². The van der Waals surface area contributed by atoms with Gasteiger partial charge in [-0.1, -0.05) is 18.2 Å². The van der Waals surface area contributed by atoms with Crippen LogP contribution >= 0.6 is 0 Å². The predicted octanol–water partition coefficient (Wildman–Crippen LogP) is 3.35. The summed E-state index contributed by atoms with van der Waals surface area (Å²) in [6, 6.07) is 12.4. The van der Waals surface area contributed by atoms with Crippen LogP contribution in [0.1, 0.15) is 32.8 Å². The van der Waals surface area contributed by atoms with Crippen molar-refractivity contribution in [2.24, 2.45) is 0 Å². The summed E-state index contributed by atoms with van der Waals surface area (Å²) in [5, 5.41) is 0. The maximum atomic E-state index is 13.4. The van der Waals surface area contributed by atoms with E-state index in [1.807, 2.05) is 38.1 Å². The standard InChI is InChI=1S/C21H24N2O4S/c1-15(24)22-14-21(2,3)27-20-11-10-17(13-19(20)22)28(25,26)23-12-6-8-16-7-4-5-9-18(16)23/h4-5,7,9-11,13H,6,8,12,14H2,1-3H3. The number of rotatable bonds is 2. The molecule has 0 saturated carbocycles. The Morgan fingerprint density at radius 3 is 2.61 bits per heavy atom. The molecule has 7 heteroatoms. The lowest BCUT2D eigenvalue weighted by Gasteiger charge is -2.39. The average Bonchev–Trinajstić information content (AvgIpc) is 2.65. The number of anilines is 2. The molecule has 0 spiro atoms. The van der Waals surface area contributed by atoms with E-state index in [1.165, 1.54) is 11.2 Å². The van der Waals surface area contributed by atoms with Crippen molar-refractivity contribution >= 4 is 27.3 Å².